The van der Waals surface area contributed by atoms with E-state index in [0.717, 1.165) is 24.3 Å². The highest BCUT2D eigenvalue weighted by molar-refractivity contribution is 6.74. The van der Waals surface area contributed by atoms with Gasteiger partial charge in [0.2, 0.25) is 0 Å². The van der Waals surface area contributed by atoms with Crippen LogP contribution in [0.2, 0.25) is 18.1 Å². The van der Waals surface area contributed by atoms with Crippen LogP contribution < -0.4 is 9.47 Å². The zero-order chi connectivity index (χ0) is 24.8. The van der Waals surface area contributed by atoms with Crippen molar-refractivity contribution in [2.24, 2.45) is 0 Å². The van der Waals surface area contributed by atoms with E-state index in [0.29, 0.717) is 0 Å². The second kappa shape index (κ2) is 11.2. The molecule has 0 fully saturated rings. The largest absolute Gasteiger partial charge is 0.497 e. The Hall–Kier alpha value is -2.56. The van der Waals surface area contributed by atoms with Crippen LogP contribution in [0, 0.1) is 0 Å². The Morgan fingerprint density at radius 2 is 1.12 bits per heavy atom. The molecule has 0 amide bonds. The van der Waals surface area contributed by atoms with Gasteiger partial charge in [0.25, 0.3) is 0 Å². The molecule has 3 rings (SSSR count). The van der Waals surface area contributed by atoms with Crippen molar-refractivity contribution < 1.29 is 13.9 Å². The van der Waals surface area contributed by atoms with Crippen molar-refractivity contribution in [1.82, 2.24) is 0 Å². The summed E-state index contributed by atoms with van der Waals surface area (Å²) >= 11 is 0. The Bertz CT molecular complexity index is 958. The van der Waals surface area contributed by atoms with E-state index in [9.17, 15) is 0 Å². The van der Waals surface area contributed by atoms with Gasteiger partial charge >= 0.3 is 0 Å². The van der Waals surface area contributed by atoms with Gasteiger partial charge in [-0.15, -0.1) is 0 Å². The van der Waals surface area contributed by atoms with Gasteiger partial charge in [-0.3, -0.25) is 0 Å². The third kappa shape index (κ3) is 6.52. The van der Waals surface area contributed by atoms with Crippen LogP contribution in [0.25, 0.3) is 0 Å². The molecule has 0 saturated heterocycles. The van der Waals surface area contributed by atoms with Gasteiger partial charge in [-0.1, -0.05) is 75.4 Å². The first kappa shape index (κ1) is 26.0. The highest BCUT2D eigenvalue weighted by Gasteiger charge is 2.39. The molecule has 0 radical (unpaired) electrons. The first-order valence-corrected chi connectivity index (χ1v) is 15.1. The normalized spacial score (nSPS) is 13.1. The van der Waals surface area contributed by atoms with Crippen molar-refractivity contribution in [2.45, 2.75) is 63.8 Å². The molecule has 3 aromatic carbocycles. The molecule has 0 spiro atoms. The van der Waals surface area contributed by atoms with Crippen molar-refractivity contribution in [3.63, 3.8) is 0 Å². The predicted octanol–water partition coefficient (Wildman–Crippen LogP) is 8.38. The predicted molar refractivity (Wildman–Crippen MR) is 145 cm³/mol. The molecule has 0 aromatic heterocycles. The van der Waals surface area contributed by atoms with Gasteiger partial charge in [-0.25, -0.2) is 0 Å². The first-order chi connectivity index (χ1) is 16.1. The Balaban J connectivity index is 1.91. The highest BCUT2D eigenvalue weighted by atomic mass is 28.4. The fourth-order valence-electron chi connectivity index (χ4n) is 4.01. The second-order valence-corrected chi connectivity index (χ2v) is 15.2. The molecule has 1 unspecified atom stereocenters. The third-order valence-corrected chi connectivity index (χ3v) is 11.7. The van der Waals surface area contributed by atoms with E-state index in [4.69, 9.17) is 13.9 Å². The standard InChI is InChI=1S/C30H40O3Si/c1-30(2,3)34(6,7)33-29(25-11-9-8-10-12-25)22-21-28(23-13-17-26(31-4)18-14-23)24-15-19-27(32-5)20-16-24/h8-20,28-29H,21-22H2,1-7H3. The molecule has 3 nitrogen and oxygen atoms in total. The summed E-state index contributed by atoms with van der Waals surface area (Å²) in [6, 6.07) is 27.6. The fraction of sp³-hybridized carbons (Fsp3) is 0.400. The molecule has 0 N–H and O–H groups in total. The molecule has 182 valence electrons. The van der Waals surface area contributed by atoms with Crippen LogP contribution in [0.4, 0.5) is 0 Å². The molecular weight excluding hydrogens is 436 g/mol. The lowest BCUT2D eigenvalue weighted by atomic mass is 9.86. The first-order valence-electron chi connectivity index (χ1n) is 12.2. The minimum atomic E-state index is -1.94. The Labute approximate surface area is 207 Å². The zero-order valence-electron chi connectivity index (χ0n) is 21.8. The molecular formula is C30H40O3Si. The lowest BCUT2D eigenvalue weighted by molar-refractivity contribution is 0.169. The van der Waals surface area contributed by atoms with Crippen LogP contribution in [0.3, 0.4) is 0 Å². The Morgan fingerprint density at radius 3 is 1.53 bits per heavy atom. The monoisotopic (exact) mass is 476 g/mol. The topological polar surface area (TPSA) is 27.7 Å². The number of hydrogen-bond acceptors (Lipinski definition) is 3. The van der Waals surface area contributed by atoms with Crippen LogP contribution in [0.15, 0.2) is 78.9 Å². The molecule has 0 aliphatic carbocycles. The van der Waals surface area contributed by atoms with Crippen LogP contribution in [-0.4, -0.2) is 22.5 Å². The van der Waals surface area contributed by atoms with Crippen molar-refractivity contribution in [3.8, 4) is 11.5 Å². The lowest BCUT2D eigenvalue weighted by Gasteiger charge is -2.40. The molecule has 3 aromatic rings. The van der Waals surface area contributed by atoms with Crippen LogP contribution in [0.5, 0.6) is 11.5 Å². The molecule has 0 heterocycles. The van der Waals surface area contributed by atoms with Crippen LogP contribution in [0.1, 0.15) is 62.3 Å². The summed E-state index contributed by atoms with van der Waals surface area (Å²) in [5.74, 6) is 2.01. The highest BCUT2D eigenvalue weighted by Crippen LogP contribution is 2.42. The van der Waals surface area contributed by atoms with Crippen LogP contribution >= 0.6 is 0 Å². The second-order valence-electron chi connectivity index (χ2n) is 10.5. The summed E-state index contributed by atoms with van der Waals surface area (Å²) in [5.41, 5.74) is 3.82. The summed E-state index contributed by atoms with van der Waals surface area (Å²) in [4.78, 5) is 0. The Morgan fingerprint density at radius 1 is 0.647 bits per heavy atom. The van der Waals surface area contributed by atoms with Gasteiger partial charge in [-0.2, -0.15) is 0 Å². The Kier molecular flexibility index (Phi) is 8.61. The summed E-state index contributed by atoms with van der Waals surface area (Å²) in [6.07, 6.45) is 1.99. The molecule has 0 saturated carbocycles. The molecule has 0 aliphatic rings. The molecule has 1 atom stereocenters. The summed E-state index contributed by atoms with van der Waals surface area (Å²) in [5, 5.41) is 0.158. The average Bonchev–Trinajstić information content (AvgIpc) is 2.84. The minimum absolute atomic E-state index is 0.0705. The van der Waals surface area contributed by atoms with E-state index in [1.807, 2.05) is 24.3 Å². The van der Waals surface area contributed by atoms with Gasteiger partial charge in [0.15, 0.2) is 8.32 Å². The lowest BCUT2D eigenvalue weighted by Crippen LogP contribution is -2.41. The minimum Gasteiger partial charge on any atom is -0.497 e. The van der Waals surface area contributed by atoms with Crippen molar-refractivity contribution in [1.29, 1.82) is 0 Å². The average molecular weight is 477 g/mol. The van der Waals surface area contributed by atoms with E-state index in [1.165, 1.54) is 16.7 Å². The van der Waals surface area contributed by atoms with Gasteiger partial charge in [-0.05, 0) is 71.9 Å². The summed E-state index contributed by atoms with van der Waals surface area (Å²) in [7, 11) is 1.47. The molecule has 4 heteroatoms. The van der Waals surface area contributed by atoms with Crippen molar-refractivity contribution >= 4 is 8.32 Å². The number of hydrogen-bond donors (Lipinski definition) is 0. The van der Waals surface area contributed by atoms with Gasteiger partial charge in [0.05, 0.1) is 20.3 Å². The number of rotatable bonds is 10. The van der Waals surface area contributed by atoms with E-state index in [-0.39, 0.29) is 17.1 Å². The summed E-state index contributed by atoms with van der Waals surface area (Å²) in [6.45, 7) is 11.6. The van der Waals surface area contributed by atoms with Crippen molar-refractivity contribution in [2.75, 3.05) is 14.2 Å². The third-order valence-electron chi connectivity index (χ3n) is 7.17. The number of benzene rings is 3. The number of ether oxygens (including phenoxy) is 2. The molecule has 0 aliphatic heterocycles. The smallest absolute Gasteiger partial charge is 0.192 e. The van der Waals surface area contributed by atoms with Gasteiger partial charge in [0.1, 0.15) is 11.5 Å². The van der Waals surface area contributed by atoms with E-state index < -0.39 is 8.32 Å². The zero-order valence-corrected chi connectivity index (χ0v) is 22.8. The fourth-order valence-corrected chi connectivity index (χ4v) is 5.33. The summed E-state index contributed by atoms with van der Waals surface area (Å²) < 4.78 is 17.8. The molecule has 0 bridgehead atoms. The quantitative estimate of drug-likeness (QED) is 0.275. The van der Waals surface area contributed by atoms with Crippen molar-refractivity contribution in [3.05, 3.63) is 95.6 Å². The van der Waals surface area contributed by atoms with Gasteiger partial charge < -0.3 is 13.9 Å². The van der Waals surface area contributed by atoms with E-state index >= 15 is 0 Å². The maximum Gasteiger partial charge on any atom is 0.192 e. The maximum atomic E-state index is 6.98. The van der Waals surface area contributed by atoms with E-state index in [1.54, 1.807) is 14.2 Å². The molecule has 34 heavy (non-hydrogen) atoms. The number of methoxy groups -OCH3 is 2. The maximum absolute atomic E-state index is 6.98. The SMILES string of the molecule is COc1ccc(C(CCC(O[Si](C)(C)C(C)(C)C)c2ccccc2)c2ccc(OC)cc2)cc1. The van der Waals surface area contributed by atoms with Gasteiger partial charge in [0, 0.05) is 5.92 Å². The van der Waals surface area contributed by atoms with Crippen LogP contribution in [-0.2, 0) is 4.43 Å². The van der Waals surface area contributed by atoms with E-state index in [2.05, 4.69) is 88.5 Å².